The Morgan fingerprint density at radius 3 is 1.17 bits per heavy atom. The minimum absolute atomic E-state index is 0.571. The highest BCUT2D eigenvalue weighted by molar-refractivity contribution is 6.00. The van der Waals surface area contributed by atoms with Gasteiger partial charge >= 0.3 is 0 Å². The Morgan fingerprint density at radius 1 is 0.611 bits per heavy atom. The van der Waals surface area contributed by atoms with Gasteiger partial charge in [-0.15, -0.1) is 0 Å². The Labute approximate surface area is 203 Å². The van der Waals surface area contributed by atoms with Gasteiger partial charge in [-0.05, 0) is 0 Å². The molecule has 1 aromatic rings. The predicted molar refractivity (Wildman–Crippen MR) is 118 cm³/mol. The minimum Gasteiger partial charge on any atom is -0.394 e. The quantitative estimate of drug-likeness (QED) is 0.107. The smallest absolute Gasteiger partial charge is 0.273 e. The van der Waals surface area contributed by atoms with Gasteiger partial charge in [0.25, 0.3) is 11.8 Å². The molecule has 1 heterocycles. The number of hydrogen-bond acceptors (Lipinski definition) is 16. The average Bonchev–Trinajstić information content (AvgIpc) is 2.87. The Kier molecular flexibility index (Phi) is 12.2. The maximum absolute atomic E-state index is 12.3. The third-order valence-corrected chi connectivity index (χ3v) is 4.97. The highest BCUT2D eigenvalue weighted by Crippen LogP contribution is 2.14. The summed E-state index contributed by atoms with van der Waals surface area (Å²) in [7, 11) is 0. The van der Waals surface area contributed by atoms with Gasteiger partial charge in [0, 0.05) is 13.1 Å². The first-order valence-corrected chi connectivity index (χ1v) is 10.4. The molecule has 0 fully saturated rings. The van der Waals surface area contributed by atoms with Crippen LogP contribution in [0, 0.1) is 0 Å². The van der Waals surface area contributed by atoms with Gasteiger partial charge in [-0.3, -0.25) is 9.59 Å². The van der Waals surface area contributed by atoms with Gasteiger partial charge in [-0.2, -0.15) is 0 Å². The molecule has 0 saturated heterocycles. The van der Waals surface area contributed by atoms with Crippen LogP contribution in [0.1, 0.15) is 21.0 Å². The van der Waals surface area contributed by atoms with Crippen molar-refractivity contribution in [3.63, 3.8) is 0 Å². The Bertz CT molecular complexity index is 809. The minimum atomic E-state index is -1.94. The molecule has 0 aromatic carbocycles. The number of carbonyl (C=O) groups is 2. The first-order valence-electron chi connectivity index (χ1n) is 10.4. The van der Waals surface area contributed by atoms with Crippen LogP contribution in [0.4, 0.5) is 11.6 Å². The normalized spacial score (nSPS) is 18.3. The molecule has 0 unspecified atom stereocenters. The van der Waals surface area contributed by atoms with E-state index in [0.29, 0.717) is 0 Å². The fraction of sp³-hybridized carbons (Fsp3) is 0.667. The number of hydrogen-bond donors (Lipinski definition) is 14. The third-order valence-electron chi connectivity index (χ3n) is 4.97. The van der Waals surface area contributed by atoms with Crippen molar-refractivity contribution in [1.82, 2.24) is 20.6 Å². The fourth-order valence-corrected chi connectivity index (χ4v) is 2.73. The van der Waals surface area contributed by atoms with Gasteiger partial charge in [0.2, 0.25) is 0 Å². The van der Waals surface area contributed by atoms with E-state index in [1.807, 2.05) is 0 Å². The van der Waals surface area contributed by atoms with Crippen LogP contribution in [0.2, 0.25) is 0 Å². The lowest BCUT2D eigenvalue weighted by atomic mass is 10.0. The molecule has 0 saturated carbocycles. The first-order chi connectivity index (χ1) is 16.8. The number of rotatable bonds is 14. The molecule has 1 aromatic heterocycles. The number of aliphatic hydroxyl groups excluding tert-OH is 10. The summed E-state index contributed by atoms with van der Waals surface area (Å²) in [4.78, 5) is 31.9. The van der Waals surface area contributed by atoms with Crippen molar-refractivity contribution in [2.75, 3.05) is 37.8 Å². The summed E-state index contributed by atoms with van der Waals surface area (Å²) in [6.45, 7) is -3.10. The first kappa shape index (κ1) is 31.3. The summed E-state index contributed by atoms with van der Waals surface area (Å²) in [5, 5.41) is 98.7. The molecule has 8 atom stereocenters. The summed E-state index contributed by atoms with van der Waals surface area (Å²) < 4.78 is 0. The summed E-state index contributed by atoms with van der Waals surface area (Å²) in [6.07, 6.45) is -14.7. The summed E-state index contributed by atoms with van der Waals surface area (Å²) in [6, 6.07) is 0. The largest absolute Gasteiger partial charge is 0.394 e. The summed E-state index contributed by atoms with van der Waals surface area (Å²) >= 11 is 0. The summed E-state index contributed by atoms with van der Waals surface area (Å²) in [5.74, 6) is -3.26. The lowest BCUT2D eigenvalue weighted by molar-refractivity contribution is -0.113. The number of nitrogens with zero attached hydrogens (tertiary/aromatic N) is 2. The van der Waals surface area contributed by atoms with E-state index in [9.17, 15) is 50.4 Å². The van der Waals surface area contributed by atoms with Crippen molar-refractivity contribution in [1.29, 1.82) is 0 Å². The Morgan fingerprint density at radius 2 is 0.889 bits per heavy atom. The number of anilines is 2. The number of nitrogens with two attached hydrogens (primary N) is 2. The zero-order valence-electron chi connectivity index (χ0n) is 18.8. The van der Waals surface area contributed by atoms with Crippen LogP contribution < -0.4 is 22.1 Å². The van der Waals surface area contributed by atoms with Crippen molar-refractivity contribution >= 4 is 23.5 Å². The Balaban J connectivity index is 2.79. The predicted octanol–water partition coefficient (Wildman–Crippen LogP) is -8.03. The number of carbonyl (C=O) groups excluding carboxylic acids is 2. The van der Waals surface area contributed by atoms with E-state index < -0.39 is 110 Å². The molecule has 36 heavy (non-hydrogen) atoms. The second-order valence-corrected chi connectivity index (χ2v) is 7.71. The molecule has 18 heteroatoms. The number of aliphatic hydroxyl groups is 10. The molecule has 0 bridgehead atoms. The van der Waals surface area contributed by atoms with Crippen LogP contribution in [-0.2, 0) is 0 Å². The highest BCUT2D eigenvalue weighted by Gasteiger charge is 2.32. The van der Waals surface area contributed by atoms with Gasteiger partial charge in [0.05, 0.1) is 25.4 Å². The van der Waals surface area contributed by atoms with Gasteiger partial charge in [-0.25, -0.2) is 9.97 Å². The maximum Gasteiger partial charge on any atom is 0.273 e. The highest BCUT2D eigenvalue weighted by atomic mass is 16.4. The molecular formula is C18H32N6O12. The number of nitrogen functional groups attached to an aromatic ring is 2. The molecule has 0 radical (unpaired) electrons. The van der Waals surface area contributed by atoms with Crippen LogP contribution in [0.3, 0.4) is 0 Å². The van der Waals surface area contributed by atoms with Crippen LogP contribution in [-0.4, -0.2) is 148 Å². The zero-order chi connectivity index (χ0) is 27.7. The molecule has 16 N–H and O–H groups in total. The fourth-order valence-electron chi connectivity index (χ4n) is 2.73. The van der Waals surface area contributed by atoms with E-state index in [2.05, 4.69) is 20.6 Å². The van der Waals surface area contributed by atoms with E-state index in [1.165, 1.54) is 0 Å². The molecule has 18 nitrogen and oxygen atoms in total. The second kappa shape index (κ2) is 14.1. The molecule has 206 valence electrons. The number of aromatic nitrogens is 2. The van der Waals surface area contributed by atoms with Crippen LogP contribution in [0.5, 0.6) is 0 Å². The standard InChI is InChI=1S/C18H32N6O12/c19-15-9(17(35)21-1-5(27)11(31)13(33)7(29)3-25)23-16(20)10(24-15)18(36)22-2-6(28)12(32)14(34)8(30)4-26/h5-8,11-14,25-34H,1-4H2,(H2,20,23)(H2,19,24)(H,21,35)(H,22,36)/t5-,6-,7-,8-,11-,12-,13-,14-/m1/s1. The molecule has 0 aliphatic carbocycles. The van der Waals surface area contributed by atoms with Gasteiger partial charge in [0.15, 0.2) is 23.0 Å². The van der Waals surface area contributed by atoms with Crippen LogP contribution in [0.15, 0.2) is 0 Å². The van der Waals surface area contributed by atoms with Crippen LogP contribution >= 0.6 is 0 Å². The molecular weight excluding hydrogens is 492 g/mol. The zero-order valence-corrected chi connectivity index (χ0v) is 18.8. The number of nitrogens with one attached hydrogen (secondary N) is 2. The second-order valence-electron chi connectivity index (χ2n) is 7.71. The van der Waals surface area contributed by atoms with E-state index in [0.717, 1.165) is 0 Å². The van der Waals surface area contributed by atoms with Crippen molar-refractivity contribution in [3.05, 3.63) is 11.4 Å². The topological polar surface area (TPSA) is 338 Å². The van der Waals surface area contributed by atoms with Gasteiger partial charge < -0.3 is 73.2 Å². The lowest BCUT2D eigenvalue weighted by Gasteiger charge is -2.25. The third kappa shape index (κ3) is 8.13. The van der Waals surface area contributed by atoms with Crippen LogP contribution in [0.25, 0.3) is 0 Å². The molecule has 0 aliphatic heterocycles. The van der Waals surface area contributed by atoms with E-state index in [-0.39, 0.29) is 0 Å². The van der Waals surface area contributed by atoms with Crippen molar-refractivity contribution < 1.29 is 60.7 Å². The van der Waals surface area contributed by atoms with Crippen molar-refractivity contribution in [2.45, 2.75) is 48.8 Å². The molecule has 0 spiro atoms. The van der Waals surface area contributed by atoms with Crippen molar-refractivity contribution in [2.24, 2.45) is 0 Å². The van der Waals surface area contributed by atoms with E-state index >= 15 is 0 Å². The number of amides is 2. The van der Waals surface area contributed by atoms with E-state index in [4.69, 9.17) is 21.7 Å². The maximum atomic E-state index is 12.3. The lowest BCUT2D eigenvalue weighted by Crippen LogP contribution is -2.50. The molecule has 1 rings (SSSR count). The van der Waals surface area contributed by atoms with Crippen molar-refractivity contribution in [3.8, 4) is 0 Å². The SMILES string of the molecule is Nc1nc(C(=O)NC[C@@H](O)[C@@H](O)[C@H](O)[C@H](O)CO)c(N)nc1C(=O)NC[C@@H](O)[C@@H](O)[C@H](O)[C@H](O)CO. The molecule has 2 amide bonds. The summed E-state index contributed by atoms with van der Waals surface area (Å²) in [5.41, 5.74) is 10.1. The van der Waals surface area contributed by atoms with Gasteiger partial charge in [0.1, 0.15) is 36.6 Å². The monoisotopic (exact) mass is 524 g/mol. The molecule has 0 aliphatic rings. The average molecular weight is 524 g/mol. The van der Waals surface area contributed by atoms with Gasteiger partial charge in [-0.1, -0.05) is 0 Å². The van der Waals surface area contributed by atoms with E-state index in [1.54, 1.807) is 0 Å². The Hall–Kier alpha value is -2.78.